The number of hydrogen-bond donors (Lipinski definition) is 2. The molecule has 0 fully saturated rings. The van der Waals surface area contributed by atoms with E-state index in [-0.39, 0.29) is 5.91 Å². The van der Waals surface area contributed by atoms with Gasteiger partial charge in [0.1, 0.15) is 5.69 Å². The molecule has 0 radical (unpaired) electrons. The molecule has 0 saturated heterocycles. The zero-order chi connectivity index (χ0) is 17.1. The minimum atomic E-state index is -0.420. The topological polar surface area (TPSA) is 71.2 Å². The summed E-state index contributed by atoms with van der Waals surface area (Å²) >= 11 is 3.44. The fraction of sp³-hybridized carbons (Fsp3) is 0.294. The van der Waals surface area contributed by atoms with Crippen molar-refractivity contribution >= 4 is 33.5 Å². The van der Waals surface area contributed by atoms with Gasteiger partial charge in [-0.3, -0.25) is 4.79 Å². The highest BCUT2D eigenvalue weighted by Crippen LogP contribution is 2.23. The number of esters is 1. The fourth-order valence-corrected chi connectivity index (χ4v) is 2.73. The molecule has 0 atom stereocenters. The Balaban J connectivity index is 2.28. The summed E-state index contributed by atoms with van der Waals surface area (Å²) in [5.74, 6) is -0.715. The van der Waals surface area contributed by atoms with E-state index < -0.39 is 5.97 Å². The van der Waals surface area contributed by atoms with Crippen molar-refractivity contribution in [2.45, 2.75) is 27.7 Å². The largest absolute Gasteiger partial charge is 0.462 e. The molecule has 0 aliphatic rings. The molecule has 0 spiro atoms. The van der Waals surface area contributed by atoms with Gasteiger partial charge >= 0.3 is 5.97 Å². The van der Waals surface area contributed by atoms with E-state index in [9.17, 15) is 9.59 Å². The van der Waals surface area contributed by atoms with Gasteiger partial charge < -0.3 is 15.0 Å². The second-order valence-electron chi connectivity index (χ2n) is 5.26. The van der Waals surface area contributed by atoms with Crippen molar-refractivity contribution in [3.8, 4) is 0 Å². The van der Waals surface area contributed by atoms with Crippen LogP contribution in [0.5, 0.6) is 0 Å². The van der Waals surface area contributed by atoms with Gasteiger partial charge in [0.25, 0.3) is 5.91 Å². The van der Waals surface area contributed by atoms with Gasteiger partial charge in [0.2, 0.25) is 0 Å². The normalized spacial score (nSPS) is 10.5. The number of hydrogen-bond acceptors (Lipinski definition) is 3. The molecule has 0 bridgehead atoms. The number of carbonyl (C=O) groups excluding carboxylic acids is 2. The molecule has 2 rings (SSSR count). The molecule has 2 aromatic rings. The number of anilines is 1. The molecule has 0 unspecified atom stereocenters. The van der Waals surface area contributed by atoms with Crippen LogP contribution in [0.1, 0.15) is 44.6 Å². The molecular weight excluding hydrogens is 360 g/mol. The van der Waals surface area contributed by atoms with Crippen LogP contribution in [0, 0.1) is 20.8 Å². The highest BCUT2D eigenvalue weighted by Gasteiger charge is 2.22. The summed E-state index contributed by atoms with van der Waals surface area (Å²) in [6.45, 7) is 7.49. The maximum Gasteiger partial charge on any atom is 0.340 e. The number of amides is 1. The molecule has 6 heteroatoms. The zero-order valence-electron chi connectivity index (χ0n) is 13.5. The van der Waals surface area contributed by atoms with Gasteiger partial charge in [-0.1, -0.05) is 22.0 Å². The van der Waals surface area contributed by atoms with Crippen LogP contribution < -0.4 is 5.32 Å². The maximum atomic E-state index is 12.5. The number of aromatic nitrogens is 1. The van der Waals surface area contributed by atoms with E-state index in [2.05, 4.69) is 26.2 Å². The van der Waals surface area contributed by atoms with Gasteiger partial charge in [0, 0.05) is 15.9 Å². The first kappa shape index (κ1) is 17.3. The summed E-state index contributed by atoms with van der Waals surface area (Å²) in [5.41, 5.74) is 3.75. The molecule has 122 valence electrons. The molecule has 1 amide bonds. The van der Waals surface area contributed by atoms with E-state index >= 15 is 0 Å². The van der Waals surface area contributed by atoms with Crippen LogP contribution in [0.3, 0.4) is 0 Å². The Hall–Kier alpha value is -2.08. The van der Waals surface area contributed by atoms with Crippen molar-refractivity contribution in [3.63, 3.8) is 0 Å². The quantitative estimate of drug-likeness (QED) is 0.785. The molecule has 0 aliphatic carbocycles. The summed E-state index contributed by atoms with van der Waals surface area (Å²) in [6.07, 6.45) is 0. The van der Waals surface area contributed by atoms with Gasteiger partial charge in [0.15, 0.2) is 0 Å². The first-order chi connectivity index (χ1) is 10.8. The predicted octanol–water partition coefficient (Wildman–Crippen LogP) is 4.13. The summed E-state index contributed by atoms with van der Waals surface area (Å²) in [4.78, 5) is 27.4. The Bertz CT molecular complexity index is 765. The van der Waals surface area contributed by atoms with E-state index in [4.69, 9.17) is 4.74 Å². The second-order valence-corrected chi connectivity index (χ2v) is 6.12. The average Bonchev–Trinajstić information content (AvgIpc) is 2.78. The lowest BCUT2D eigenvalue weighted by Crippen LogP contribution is -2.14. The molecule has 1 aromatic carbocycles. The number of H-pyrrole nitrogens is 1. The van der Waals surface area contributed by atoms with Gasteiger partial charge in [0.05, 0.1) is 12.2 Å². The first-order valence-corrected chi connectivity index (χ1v) is 8.08. The lowest BCUT2D eigenvalue weighted by atomic mass is 10.1. The van der Waals surface area contributed by atoms with E-state index in [1.165, 1.54) is 0 Å². The Morgan fingerprint density at radius 1 is 1.26 bits per heavy atom. The van der Waals surface area contributed by atoms with E-state index in [0.29, 0.717) is 34.8 Å². The van der Waals surface area contributed by atoms with Crippen molar-refractivity contribution in [2.24, 2.45) is 0 Å². The number of aromatic amines is 1. The van der Waals surface area contributed by atoms with Crippen molar-refractivity contribution in [2.75, 3.05) is 11.9 Å². The van der Waals surface area contributed by atoms with Crippen LogP contribution in [0.25, 0.3) is 0 Å². The number of benzene rings is 1. The summed E-state index contributed by atoms with van der Waals surface area (Å²) in [5, 5.41) is 2.83. The SMILES string of the molecule is CCOC(=O)c1c(C)[nH]c(C(=O)Nc2ccc(C)c(Br)c2)c1C. The molecule has 2 N–H and O–H groups in total. The van der Waals surface area contributed by atoms with Crippen LogP contribution in [-0.4, -0.2) is 23.5 Å². The lowest BCUT2D eigenvalue weighted by molar-refractivity contribution is 0.0525. The number of aryl methyl sites for hydroxylation is 2. The number of rotatable bonds is 4. The molecule has 5 nitrogen and oxygen atoms in total. The van der Waals surface area contributed by atoms with Gasteiger partial charge in [-0.2, -0.15) is 0 Å². The maximum absolute atomic E-state index is 12.5. The molecule has 0 saturated carbocycles. The number of ether oxygens (including phenoxy) is 1. The lowest BCUT2D eigenvalue weighted by Gasteiger charge is -2.07. The average molecular weight is 379 g/mol. The third-order valence-corrected chi connectivity index (χ3v) is 4.43. The summed E-state index contributed by atoms with van der Waals surface area (Å²) in [7, 11) is 0. The number of nitrogens with one attached hydrogen (secondary N) is 2. The van der Waals surface area contributed by atoms with Crippen molar-refractivity contribution in [3.05, 3.63) is 50.8 Å². The Morgan fingerprint density at radius 3 is 2.57 bits per heavy atom. The smallest absolute Gasteiger partial charge is 0.340 e. The van der Waals surface area contributed by atoms with Crippen molar-refractivity contribution < 1.29 is 14.3 Å². The Labute approximate surface area is 143 Å². The molecule has 1 heterocycles. The molecule has 0 aliphatic heterocycles. The van der Waals surface area contributed by atoms with E-state index in [1.54, 1.807) is 20.8 Å². The Morgan fingerprint density at radius 2 is 1.96 bits per heavy atom. The standard InChI is InChI=1S/C17H19BrN2O3/c1-5-23-17(22)14-10(3)15(19-11(14)4)16(21)20-12-7-6-9(2)13(18)8-12/h6-8,19H,5H2,1-4H3,(H,20,21). The summed E-state index contributed by atoms with van der Waals surface area (Å²) in [6, 6.07) is 5.58. The summed E-state index contributed by atoms with van der Waals surface area (Å²) < 4.78 is 5.95. The minimum Gasteiger partial charge on any atom is -0.462 e. The van der Waals surface area contributed by atoms with Gasteiger partial charge in [-0.05, 0) is 51.0 Å². The minimum absolute atomic E-state index is 0.293. The number of halogens is 1. The zero-order valence-corrected chi connectivity index (χ0v) is 15.1. The van der Waals surface area contributed by atoms with E-state index in [1.807, 2.05) is 25.1 Å². The molecular formula is C17H19BrN2O3. The third-order valence-electron chi connectivity index (χ3n) is 3.57. The van der Waals surface area contributed by atoms with Crippen LogP contribution in [0.4, 0.5) is 5.69 Å². The third kappa shape index (κ3) is 3.64. The second kappa shape index (κ2) is 7.00. The van der Waals surface area contributed by atoms with Crippen molar-refractivity contribution in [1.29, 1.82) is 0 Å². The first-order valence-electron chi connectivity index (χ1n) is 7.29. The predicted molar refractivity (Wildman–Crippen MR) is 93.1 cm³/mol. The monoisotopic (exact) mass is 378 g/mol. The van der Waals surface area contributed by atoms with Crippen LogP contribution in [-0.2, 0) is 4.74 Å². The van der Waals surface area contributed by atoms with Gasteiger partial charge in [-0.25, -0.2) is 4.79 Å². The van der Waals surface area contributed by atoms with Crippen molar-refractivity contribution in [1.82, 2.24) is 4.98 Å². The molecule has 1 aromatic heterocycles. The highest BCUT2D eigenvalue weighted by atomic mass is 79.9. The fourth-order valence-electron chi connectivity index (χ4n) is 2.35. The van der Waals surface area contributed by atoms with Crippen LogP contribution >= 0.6 is 15.9 Å². The van der Waals surface area contributed by atoms with Crippen LogP contribution in [0.2, 0.25) is 0 Å². The number of carbonyl (C=O) groups is 2. The van der Waals surface area contributed by atoms with Crippen LogP contribution in [0.15, 0.2) is 22.7 Å². The van der Waals surface area contributed by atoms with Gasteiger partial charge in [-0.15, -0.1) is 0 Å². The highest BCUT2D eigenvalue weighted by molar-refractivity contribution is 9.10. The Kier molecular flexibility index (Phi) is 5.26. The molecule has 23 heavy (non-hydrogen) atoms. The van der Waals surface area contributed by atoms with E-state index in [0.717, 1.165) is 10.0 Å².